The molecule has 0 unspecified atom stereocenters. The van der Waals surface area contributed by atoms with Crippen molar-refractivity contribution in [3.8, 4) is 0 Å². The van der Waals surface area contributed by atoms with Crippen LogP contribution >= 0.6 is 0 Å². The Bertz CT molecular complexity index is 1160. The van der Waals surface area contributed by atoms with E-state index < -0.39 is 0 Å². The van der Waals surface area contributed by atoms with Crippen LogP contribution in [0.15, 0.2) is 84.9 Å². The third kappa shape index (κ3) is 6.02. The van der Waals surface area contributed by atoms with Gasteiger partial charge in [0.1, 0.15) is 0 Å². The van der Waals surface area contributed by atoms with Crippen LogP contribution in [0.2, 0.25) is 0 Å². The molecule has 4 heteroatoms. The average Bonchev–Trinajstić information content (AvgIpc) is 2.88. The summed E-state index contributed by atoms with van der Waals surface area (Å²) >= 11 is 0. The molecule has 174 valence electrons. The van der Waals surface area contributed by atoms with Crippen molar-refractivity contribution in [2.45, 2.75) is 38.5 Å². The summed E-state index contributed by atoms with van der Waals surface area (Å²) in [5.41, 5.74) is 1.48. The molecule has 4 aromatic carbocycles. The fourth-order valence-corrected chi connectivity index (χ4v) is 4.40. The predicted molar refractivity (Wildman–Crippen MR) is 140 cm³/mol. The number of unbranched alkanes of at least 4 members (excludes halogenated alkanes) is 5. The van der Waals surface area contributed by atoms with Crippen LogP contribution < -0.4 is 10.6 Å². The van der Waals surface area contributed by atoms with Gasteiger partial charge in [0.2, 0.25) is 0 Å². The monoisotopic (exact) mass is 452 g/mol. The van der Waals surface area contributed by atoms with Gasteiger partial charge in [-0.1, -0.05) is 98.5 Å². The van der Waals surface area contributed by atoms with Crippen LogP contribution in [-0.2, 0) is 0 Å². The van der Waals surface area contributed by atoms with Crippen LogP contribution in [0.1, 0.15) is 59.2 Å². The van der Waals surface area contributed by atoms with Crippen molar-refractivity contribution in [1.29, 1.82) is 0 Å². The summed E-state index contributed by atoms with van der Waals surface area (Å²) in [6, 6.07) is 27.7. The normalized spacial score (nSPS) is 10.9. The number of fused-ring (bicyclic) bond motifs is 2. The third-order valence-corrected chi connectivity index (χ3v) is 6.24. The van der Waals surface area contributed by atoms with Gasteiger partial charge in [-0.2, -0.15) is 0 Å². The fraction of sp³-hybridized carbons (Fsp3) is 0.267. The van der Waals surface area contributed by atoms with E-state index in [1.54, 1.807) is 0 Å². The van der Waals surface area contributed by atoms with Gasteiger partial charge < -0.3 is 10.6 Å². The van der Waals surface area contributed by atoms with E-state index in [2.05, 4.69) is 10.6 Å². The quantitative estimate of drug-likeness (QED) is 0.255. The average molecular weight is 453 g/mol. The van der Waals surface area contributed by atoms with Crippen LogP contribution in [-0.4, -0.2) is 24.9 Å². The van der Waals surface area contributed by atoms with Crippen molar-refractivity contribution in [2.24, 2.45) is 0 Å². The molecule has 0 bridgehead atoms. The van der Waals surface area contributed by atoms with E-state index in [0.29, 0.717) is 13.1 Å². The summed E-state index contributed by atoms with van der Waals surface area (Å²) < 4.78 is 0. The highest BCUT2D eigenvalue weighted by Crippen LogP contribution is 2.19. The molecule has 2 N–H and O–H groups in total. The second-order valence-corrected chi connectivity index (χ2v) is 8.69. The molecule has 0 radical (unpaired) electrons. The highest BCUT2D eigenvalue weighted by Gasteiger charge is 2.09. The van der Waals surface area contributed by atoms with E-state index in [1.807, 2.05) is 84.9 Å². The molecular weight excluding hydrogens is 420 g/mol. The van der Waals surface area contributed by atoms with Crippen LogP contribution in [0, 0.1) is 0 Å². The zero-order chi connectivity index (χ0) is 23.6. The molecule has 0 atom stereocenters. The number of hydrogen-bond donors (Lipinski definition) is 2. The fourth-order valence-electron chi connectivity index (χ4n) is 4.40. The number of amides is 2. The molecule has 34 heavy (non-hydrogen) atoms. The van der Waals surface area contributed by atoms with E-state index in [-0.39, 0.29) is 11.8 Å². The summed E-state index contributed by atoms with van der Waals surface area (Å²) in [5, 5.41) is 10.3. The Morgan fingerprint density at radius 1 is 0.471 bits per heavy atom. The van der Waals surface area contributed by atoms with Gasteiger partial charge in [0.05, 0.1) is 0 Å². The van der Waals surface area contributed by atoms with Gasteiger partial charge in [0, 0.05) is 24.2 Å². The van der Waals surface area contributed by atoms with Crippen molar-refractivity contribution in [1.82, 2.24) is 10.6 Å². The molecule has 2 amide bonds. The van der Waals surface area contributed by atoms with Crippen molar-refractivity contribution < 1.29 is 9.59 Å². The minimum Gasteiger partial charge on any atom is -0.352 e. The highest BCUT2D eigenvalue weighted by atomic mass is 16.2. The van der Waals surface area contributed by atoms with Crippen LogP contribution in [0.5, 0.6) is 0 Å². The molecule has 0 aromatic heterocycles. The number of carbonyl (C=O) groups is 2. The summed E-state index contributed by atoms with van der Waals surface area (Å²) in [4.78, 5) is 25.1. The standard InChI is InChI=1S/C30H32N2O2/c33-29(27-19-11-15-23-13-5-7-17-25(23)27)31-21-9-3-1-2-4-10-22-32-30(34)28-20-12-16-24-14-6-8-18-26(24)28/h5-8,11-20H,1-4,9-10,21-22H2,(H,31,33)(H,32,34). The van der Waals surface area contributed by atoms with Gasteiger partial charge in [0.15, 0.2) is 0 Å². The molecule has 4 rings (SSSR count). The maximum atomic E-state index is 12.6. The second-order valence-electron chi connectivity index (χ2n) is 8.69. The van der Waals surface area contributed by atoms with Gasteiger partial charge in [-0.05, 0) is 46.5 Å². The number of benzene rings is 4. The molecule has 4 aromatic rings. The molecule has 0 aliphatic carbocycles. The SMILES string of the molecule is O=C(NCCCCCCCCNC(=O)c1cccc2ccccc12)c1cccc2ccccc12. The smallest absolute Gasteiger partial charge is 0.251 e. The predicted octanol–water partition coefficient (Wildman–Crippen LogP) is 6.49. The van der Waals surface area contributed by atoms with Gasteiger partial charge in [-0.3, -0.25) is 9.59 Å². The van der Waals surface area contributed by atoms with Crippen LogP contribution in [0.3, 0.4) is 0 Å². The molecule has 0 aliphatic rings. The summed E-state index contributed by atoms with van der Waals surface area (Å²) in [7, 11) is 0. The first-order chi connectivity index (χ1) is 16.7. The van der Waals surface area contributed by atoms with Crippen molar-refractivity contribution in [3.05, 3.63) is 96.1 Å². The lowest BCUT2D eigenvalue weighted by molar-refractivity contribution is 0.0946. The zero-order valence-corrected chi connectivity index (χ0v) is 19.6. The van der Waals surface area contributed by atoms with E-state index in [9.17, 15) is 9.59 Å². The topological polar surface area (TPSA) is 58.2 Å². The first kappa shape index (κ1) is 23.5. The van der Waals surface area contributed by atoms with Crippen molar-refractivity contribution >= 4 is 33.4 Å². The Kier molecular flexibility index (Phi) is 8.28. The maximum Gasteiger partial charge on any atom is 0.251 e. The Labute approximate surface area is 201 Å². The lowest BCUT2D eigenvalue weighted by atomic mass is 10.0. The van der Waals surface area contributed by atoms with Gasteiger partial charge in [-0.15, -0.1) is 0 Å². The first-order valence-corrected chi connectivity index (χ1v) is 12.3. The largest absolute Gasteiger partial charge is 0.352 e. The first-order valence-electron chi connectivity index (χ1n) is 12.3. The Morgan fingerprint density at radius 3 is 1.32 bits per heavy atom. The second kappa shape index (κ2) is 12.0. The van der Waals surface area contributed by atoms with E-state index in [1.165, 1.54) is 0 Å². The minimum absolute atomic E-state index is 0.00117. The van der Waals surface area contributed by atoms with E-state index in [4.69, 9.17) is 0 Å². The molecular formula is C30H32N2O2. The van der Waals surface area contributed by atoms with Crippen LogP contribution in [0.25, 0.3) is 21.5 Å². The molecule has 0 fully saturated rings. The molecule has 0 spiro atoms. The molecule has 0 heterocycles. The van der Waals surface area contributed by atoms with Crippen LogP contribution in [0.4, 0.5) is 0 Å². The third-order valence-electron chi connectivity index (χ3n) is 6.24. The zero-order valence-electron chi connectivity index (χ0n) is 19.6. The molecule has 4 nitrogen and oxygen atoms in total. The number of hydrogen-bond acceptors (Lipinski definition) is 2. The van der Waals surface area contributed by atoms with Gasteiger partial charge in [-0.25, -0.2) is 0 Å². The Morgan fingerprint density at radius 2 is 0.853 bits per heavy atom. The van der Waals surface area contributed by atoms with Gasteiger partial charge >= 0.3 is 0 Å². The van der Waals surface area contributed by atoms with Gasteiger partial charge in [0.25, 0.3) is 11.8 Å². The summed E-state index contributed by atoms with van der Waals surface area (Å²) in [5.74, 6) is -0.00234. The summed E-state index contributed by atoms with van der Waals surface area (Å²) in [6.45, 7) is 1.40. The van der Waals surface area contributed by atoms with E-state index >= 15 is 0 Å². The summed E-state index contributed by atoms with van der Waals surface area (Å²) in [6.07, 6.45) is 6.43. The molecule has 0 saturated carbocycles. The van der Waals surface area contributed by atoms with Crippen molar-refractivity contribution in [2.75, 3.05) is 13.1 Å². The molecule has 0 aliphatic heterocycles. The highest BCUT2D eigenvalue weighted by molar-refractivity contribution is 6.07. The lowest BCUT2D eigenvalue weighted by Crippen LogP contribution is -2.24. The number of nitrogens with one attached hydrogen (secondary N) is 2. The Hall–Kier alpha value is -3.66. The maximum absolute atomic E-state index is 12.6. The number of rotatable bonds is 11. The number of carbonyl (C=O) groups excluding carboxylic acids is 2. The minimum atomic E-state index is -0.00117. The Balaban J connectivity index is 1.08. The van der Waals surface area contributed by atoms with Crippen molar-refractivity contribution in [3.63, 3.8) is 0 Å². The van der Waals surface area contributed by atoms with E-state index in [0.717, 1.165) is 71.2 Å². The lowest BCUT2D eigenvalue weighted by Gasteiger charge is -2.09. The molecule has 0 saturated heterocycles.